The molecule has 0 aromatic rings. The van der Waals surface area contributed by atoms with Crippen molar-refractivity contribution in [3.63, 3.8) is 0 Å². The normalized spacial score (nSPS) is 11.8. The number of rotatable bonds is 126. The molecule has 0 aliphatic heterocycles. The molecule has 0 saturated heterocycles. The summed E-state index contributed by atoms with van der Waals surface area (Å²) in [5.74, 6) is 5.22. The lowest BCUT2D eigenvalue weighted by Gasteiger charge is -2.25. The molecule has 0 saturated carbocycles. The van der Waals surface area contributed by atoms with Gasteiger partial charge in [0, 0.05) is 152 Å². The van der Waals surface area contributed by atoms with E-state index >= 15 is 0 Å². The Labute approximate surface area is 940 Å². The molecule has 878 valence electrons. The minimum atomic E-state index is -0.148. The number of unbranched alkanes of at least 4 members (excludes halogenated alkanes) is 66. The molecule has 0 bridgehead atoms. The molecule has 0 spiro atoms. The van der Waals surface area contributed by atoms with Gasteiger partial charge in [-0.3, -0.25) is 28.8 Å². The highest BCUT2D eigenvalue weighted by atomic mass is 33.1. The van der Waals surface area contributed by atoms with Gasteiger partial charge in [0.2, 0.25) is 0 Å². The Bertz CT molecular complexity index is 2340. The molecule has 0 aromatic heterocycles. The van der Waals surface area contributed by atoms with Crippen molar-refractivity contribution in [2.45, 2.75) is 542 Å². The quantitative estimate of drug-likeness (QED) is 0.0242. The number of esters is 6. The van der Waals surface area contributed by atoms with Crippen LogP contribution in [-0.2, 0) is 57.2 Å². The van der Waals surface area contributed by atoms with Crippen LogP contribution < -0.4 is 0 Å². The van der Waals surface area contributed by atoms with E-state index in [1.54, 1.807) is 0 Å². The monoisotopic (exact) mass is 2200 g/mol. The smallest absolute Gasteiger partial charge is 0.307 e. The zero-order chi connectivity index (χ0) is 107. The van der Waals surface area contributed by atoms with Gasteiger partial charge in [0.25, 0.3) is 0 Å². The molecule has 0 N–H and O–H groups in total. The molecule has 0 atom stereocenters. The van der Waals surface area contributed by atoms with Crippen molar-refractivity contribution in [2.75, 3.05) is 213 Å². The SMILES string of the molecule is CCCCCCCCCCCCCCOC(=O)CCN(CCC(=O)OCCCCCCCCCCCCCC)CCN(C)CCSSCCN(CCSSCCN(C)CCN(CCC(=O)OCCCCCCCCCCCCCC)CCC(=O)OCCCCCCCCCCCCCC)CCSSCCN(C)CCN(CCC(=O)OCCCCCCCCCCCCCC)CCC(=O)OCCCCCCCCCCCCCC. The number of carbonyl (C=O) groups is 6. The van der Waals surface area contributed by atoms with Gasteiger partial charge in [-0.2, -0.15) is 0 Å². The number of likely N-dealkylation sites (N-methyl/N-ethyl adjacent to an activating group) is 3. The first kappa shape index (κ1) is 147. The molecule has 0 aliphatic carbocycles. The van der Waals surface area contributed by atoms with Crippen LogP contribution in [-0.4, -0.2) is 283 Å². The van der Waals surface area contributed by atoms with Crippen LogP contribution in [0.1, 0.15) is 542 Å². The highest BCUT2D eigenvalue weighted by Crippen LogP contribution is 2.27. The minimum Gasteiger partial charge on any atom is -0.466 e. The number of hydrogen-bond acceptors (Lipinski definition) is 25. The minimum absolute atomic E-state index is 0.148. The molecular weight excluding hydrogens is 1960 g/mol. The summed E-state index contributed by atoms with van der Waals surface area (Å²) in [6.07, 6.45) is 93.4. The molecule has 0 amide bonds. The molecule has 0 radical (unpaired) electrons. The lowest BCUT2D eigenvalue weighted by molar-refractivity contribution is -0.146. The fraction of sp³-hybridized carbons (Fsp3) is 0.951. The Kier molecular flexibility index (Phi) is 121. The second-order valence-electron chi connectivity index (χ2n) is 43.4. The van der Waals surface area contributed by atoms with Crippen LogP contribution in [0.2, 0.25) is 0 Å². The standard InChI is InChI=1S/C123H243N7O12S6/c1-10-16-22-28-34-40-46-52-58-64-70-76-106-137-118(131)82-88-127(89-83-119(132)138-107-77-71-65-59-53-47-41-35-29-23-17-11-2)97-94-124(7)100-112-143-146-115-103-130(104-116-147-144-113-101-125(8)95-98-128(90-84-120(133)139-108-78-72-66-60-54-48-42-36-30-24-18-12-3)91-85-121(134)140-109-79-73-67-61-55-49-43-37-31-25-19-13-4)105-117-148-145-114-102-126(9)96-99-129(92-86-122(135)141-110-80-74-68-62-56-50-44-38-32-26-20-14-5)93-87-123(136)142-111-81-75-69-63-57-51-45-39-33-27-21-15-6/h10-117H2,1-9H3. The highest BCUT2D eigenvalue weighted by molar-refractivity contribution is 8.77. The topological polar surface area (TPSA) is 180 Å². The second-order valence-corrected chi connectivity index (χ2v) is 51.5. The lowest BCUT2D eigenvalue weighted by Crippen LogP contribution is -2.37. The van der Waals surface area contributed by atoms with E-state index in [1.807, 2.05) is 64.8 Å². The Morgan fingerprint density at radius 2 is 0.257 bits per heavy atom. The van der Waals surface area contributed by atoms with Crippen molar-refractivity contribution in [1.82, 2.24) is 34.3 Å². The second kappa shape index (κ2) is 123. The highest BCUT2D eigenvalue weighted by Gasteiger charge is 2.20. The summed E-state index contributed by atoms with van der Waals surface area (Å²) in [5, 5.41) is 0. The van der Waals surface area contributed by atoms with Crippen LogP contribution in [0.15, 0.2) is 0 Å². The third kappa shape index (κ3) is 116. The van der Waals surface area contributed by atoms with E-state index in [9.17, 15) is 28.8 Å². The summed E-state index contributed by atoms with van der Waals surface area (Å²) in [4.78, 5) is 95.7. The van der Waals surface area contributed by atoms with Gasteiger partial charge in [0.15, 0.2) is 0 Å². The van der Waals surface area contributed by atoms with Gasteiger partial charge < -0.3 is 62.7 Å². The van der Waals surface area contributed by atoms with E-state index in [0.29, 0.717) is 117 Å². The predicted molar refractivity (Wildman–Crippen MR) is 653 cm³/mol. The zero-order valence-electron chi connectivity index (χ0n) is 98.8. The third-order valence-corrected chi connectivity index (χ3v) is 36.2. The average Bonchev–Trinajstić information content (AvgIpc) is 0.960. The van der Waals surface area contributed by atoms with Crippen molar-refractivity contribution in [1.29, 1.82) is 0 Å². The molecule has 0 fully saturated rings. The van der Waals surface area contributed by atoms with Crippen molar-refractivity contribution < 1.29 is 57.2 Å². The number of hydrogen-bond donors (Lipinski definition) is 0. The van der Waals surface area contributed by atoms with E-state index in [0.717, 1.165) is 190 Å². The van der Waals surface area contributed by atoms with Gasteiger partial charge in [-0.1, -0.05) is 530 Å². The average molecular weight is 2200 g/mol. The fourth-order valence-electron chi connectivity index (χ4n) is 18.7. The maximum absolute atomic E-state index is 13.2. The number of ether oxygens (including phenoxy) is 6. The van der Waals surface area contributed by atoms with Gasteiger partial charge in [-0.15, -0.1) is 0 Å². The predicted octanol–water partition coefficient (Wildman–Crippen LogP) is 33.9. The molecule has 0 unspecified atom stereocenters. The van der Waals surface area contributed by atoms with Gasteiger partial charge in [-0.05, 0) is 59.7 Å². The first-order chi connectivity index (χ1) is 72.7. The van der Waals surface area contributed by atoms with E-state index in [4.69, 9.17) is 28.4 Å². The maximum atomic E-state index is 13.2. The summed E-state index contributed by atoms with van der Waals surface area (Å²) in [6.45, 7) is 30.6. The first-order valence-electron chi connectivity index (χ1n) is 63.3. The van der Waals surface area contributed by atoms with Crippen molar-refractivity contribution in [2.24, 2.45) is 0 Å². The van der Waals surface area contributed by atoms with E-state index < -0.39 is 0 Å². The molecule has 0 aliphatic rings. The molecule has 0 heterocycles. The van der Waals surface area contributed by atoms with Gasteiger partial charge in [0.1, 0.15) is 0 Å². The number of nitrogens with zero attached hydrogens (tertiary/aromatic N) is 7. The summed E-state index contributed by atoms with van der Waals surface area (Å²) < 4.78 is 34.7. The molecule has 19 nitrogen and oxygen atoms in total. The van der Waals surface area contributed by atoms with Crippen LogP contribution >= 0.6 is 64.8 Å². The lowest BCUT2D eigenvalue weighted by atomic mass is 10.1. The largest absolute Gasteiger partial charge is 0.466 e. The van der Waals surface area contributed by atoms with Gasteiger partial charge >= 0.3 is 35.8 Å². The summed E-state index contributed by atoms with van der Waals surface area (Å²) in [7, 11) is 18.4. The van der Waals surface area contributed by atoms with Crippen molar-refractivity contribution >= 4 is 101 Å². The molecule has 0 rings (SSSR count). The summed E-state index contributed by atoms with van der Waals surface area (Å²) in [6, 6.07) is 0. The van der Waals surface area contributed by atoms with Crippen molar-refractivity contribution in [3.05, 3.63) is 0 Å². The fourth-order valence-corrected chi connectivity index (χ4v) is 25.1. The van der Waals surface area contributed by atoms with Crippen LogP contribution in [0.3, 0.4) is 0 Å². The maximum Gasteiger partial charge on any atom is 0.307 e. The summed E-state index contributed by atoms with van der Waals surface area (Å²) in [5.41, 5.74) is 0. The van der Waals surface area contributed by atoms with Gasteiger partial charge in [0.05, 0.1) is 78.2 Å². The number of carbonyl (C=O) groups excluding carboxylic acids is 6. The van der Waals surface area contributed by atoms with Crippen LogP contribution in [0, 0.1) is 0 Å². The summed E-state index contributed by atoms with van der Waals surface area (Å²) >= 11 is 0. The van der Waals surface area contributed by atoms with Crippen molar-refractivity contribution in [3.8, 4) is 0 Å². The van der Waals surface area contributed by atoms with Crippen LogP contribution in [0.25, 0.3) is 0 Å². The Morgan fingerprint density at radius 3 is 0.392 bits per heavy atom. The first-order valence-corrected chi connectivity index (χ1v) is 70.8. The van der Waals surface area contributed by atoms with E-state index in [2.05, 4.69) is 97.0 Å². The Hall–Kier alpha value is -1.36. The molecule has 148 heavy (non-hydrogen) atoms. The molecule has 0 aromatic carbocycles. The van der Waals surface area contributed by atoms with Gasteiger partial charge in [-0.25, -0.2) is 0 Å². The van der Waals surface area contributed by atoms with Crippen LogP contribution in [0.4, 0.5) is 0 Å². The third-order valence-electron chi connectivity index (χ3n) is 29.1. The molecular formula is C123H243N7O12S6. The van der Waals surface area contributed by atoms with E-state index in [-0.39, 0.29) is 35.8 Å². The molecule has 25 heteroatoms. The zero-order valence-corrected chi connectivity index (χ0v) is 104. The Morgan fingerprint density at radius 1 is 0.142 bits per heavy atom. The Balaban J connectivity index is 6.09. The van der Waals surface area contributed by atoms with E-state index in [1.165, 1.54) is 385 Å². The van der Waals surface area contributed by atoms with Crippen LogP contribution in [0.5, 0.6) is 0 Å².